The van der Waals surface area contributed by atoms with E-state index in [4.69, 9.17) is 0 Å². The molecule has 0 unspecified atom stereocenters. The highest BCUT2D eigenvalue weighted by Gasteiger charge is 2.13. The lowest BCUT2D eigenvalue weighted by Gasteiger charge is -2.10. The zero-order chi connectivity index (χ0) is 15.4. The third-order valence-corrected chi connectivity index (χ3v) is 3.93. The van der Waals surface area contributed by atoms with Crippen molar-refractivity contribution < 1.29 is 4.79 Å². The Kier molecular flexibility index (Phi) is 4.32. The summed E-state index contributed by atoms with van der Waals surface area (Å²) in [5, 5.41) is 2.99. The van der Waals surface area contributed by atoms with Crippen molar-refractivity contribution in [2.24, 2.45) is 5.92 Å². The SMILES string of the molecule is Cc1nccn1-c1cc(CNC(=O)C[C@H]2C=CCC2)ccn1. The van der Waals surface area contributed by atoms with E-state index in [2.05, 4.69) is 27.4 Å². The summed E-state index contributed by atoms with van der Waals surface area (Å²) in [4.78, 5) is 20.5. The molecule has 22 heavy (non-hydrogen) atoms. The number of imidazole rings is 1. The van der Waals surface area contributed by atoms with Crippen LogP contribution in [-0.4, -0.2) is 20.4 Å². The van der Waals surface area contributed by atoms with Gasteiger partial charge < -0.3 is 5.32 Å². The van der Waals surface area contributed by atoms with Gasteiger partial charge in [0.1, 0.15) is 11.6 Å². The lowest BCUT2D eigenvalue weighted by molar-refractivity contribution is -0.121. The van der Waals surface area contributed by atoms with E-state index in [1.807, 2.05) is 29.8 Å². The van der Waals surface area contributed by atoms with Crippen molar-refractivity contribution >= 4 is 5.91 Å². The minimum absolute atomic E-state index is 0.105. The molecule has 114 valence electrons. The monoisotopic (exact) mass is 296 g/mol. The first-order valence-electron chi connectivity index (χ1n) is 7.61. The largest absolute Gasteiger partial charge is 0.352 e. The average molecular weight is 296 g/mol. The maximum absolute atomic E-state index is 12.0. The molecule has 5 nitrogen and oxygen atoms in total. The normalized spacial score (nSPS) is 16.9. The van der Waals surface area contributed by atoms with Crippen molar-refractivity contribution in [3.63, 3.8) is 0 Å². The van der Waals surface area contributed by atoms with Gasteiger partial charge in [-0.25, -0.2) is 9.97 Å². The summed E-state index contributed by atoms with van der Waals surface area (Å²) in [7, 11) is 0. The number of rotatable bonds is 5. The second-order valence-corrected chi connectivity index (χ2v) is 5.61. The molecule has 1 aliphatic carbocycles. The second-order valence-electron chi connectivity index (χ2n) is 5.61. The molecule has 0 fully saturated rings. The maximum Gasteiger partial charge on any atom is 0.220 e. The van der Waals surface area contributed by atoms with Crippen LogP contribution in [-0.2, 0) is 11.3 Å². The van der Waals surface area contributed by atoms with Gasteiger partial charge in [-0.2, -0.15) is 0 Å². The number of aryl methyl sites for hydroxylation is 1. The standard InChI is InChI=1S/C17H20N4O/c1-13-18-8-9-21(13)16-10-15(6-7-19-16)12-20-17(22)11-14-4-2-3-5-14/h2,4,6-10,14H,3,5,11-12H2,1H3,(H,20,22)/t14-/m0/s1. The fourth-order valence-electron chi connectivity index (χ4n) is 2.70. The Morgan fingerprint density at radius 2 is 2.32 bits per heavy atom. The molecule has 0 spiro atoms. The molecule has 1 aliphatic rings. The molecular weight excluding hydrogens is 276 g/mol. The summed E-state index contributed by atoms with van der Waals surface area (Å²) in [5.74, 6) is 2.22. The highest BCUT2D eigenvalue weighted by Crippen LogP contribution is 2.20. The van der Waals surface area contributed by atoms with Crippen LogP contribution in [0.3, 0.4) is 0 Å². The molecule has 2 aromatic rings. The third-order valence-electron chi connectivity index (χ3n) is 3.93. The Balaban J connectivity index is 1.60. The van der Waals surface area contributed by atoms with Gasteiger partial charge in [0.25, 0.3) is 0 Å². The Hall–Kier alpha value is -2.43. The fourth-order valence-corrected chi connectivity index (χ4v) is 2.70. The van der Waals surface area contributed by atoms with Crippen LogP contribution in [0.2, 0.25) is 0 Å². The van der Waals surface area contributed by atoms with Crippen LogP contribution in [0.4, 0.5) is 0 Å². The number of amides is 1. The number of carbonyl (C=O) groups is 1. The Morgan fingerprint density at radius 3 is 3.05 bits per heavy atom. The molecule has 1 amide bonds. The number of carbonyl (C=O) groups excluding carboxylic acids is 1. The molecule has 1 N–H and O–H groups in total. The minimum atomic E-state index is 0.105. The van der Waals surface area contributed by atoms with Crippen LogP contribution in [0, 0.1) is 12.8 Å². The van der Waals surface area contributed by atoms with Crippen LogP contribution in [0.15, 0.2) is 42.9 Å². The number of nitrogens with zero attached hydrogens (tertiary/aromatic N) is 3. The van der Waals surface area contributed by atoms with Crippen LogP contribution in [0.25, 0.3) is 5.82 Å². The number of allylic oxidation sites excluding steroid dienone is 2. The van der Waals surface area contributed by atoms with Gasteiger partial charge in [-0.05, 0) is 43.4 Å². The van der Waals surface area contributed by atoms with E-state index in [0.717, 1.165) is 30.0 Å². The summed E-state index contributed by atoms with van der Waals surface area (Å²) >= 11 is 0. The first kappa shape index (κ1) is 14.5. The molecule has 0 saturated carbocycles. The summed E-state index contributed by atoms with van der Waals surface area (Å²) in [6.07, 6.45) is 12.5. The molecule has 0 aliphatic heterocycles. The van der Waals surface area contributed by atoms with Crippen molar-refractivity contribution in [1.29, 1.82) is 0 Å². The molecule has 2 aromatic heterocycles. The molecule has 0 bridgehead atoms. The number of hydrogen-bond acceptors (Lipinski definition) is 3. The van der Waals surface area contributed by atoms with E-state index in [0.29, 0.717) is 18.9 Å². The topological polar surface area (TPSA) is 59.8 Å². The van der Waals surface area contributed by atoms with Crippen LogP contribution in [0.5, 0.6) is 0 Å². The fraction of sp³-hybridized carbons (Fsp3) is 0.353. The minimum Gasteiger partial charge on any atom is -0.352 e. The Bertz CT molecular complexity index is 689. The second kappa shape index (κ2) is 6.56. The van der Waals surface area contributed by atoms with Crippen LogP contribution in [0.1, 0.15) is 30.7 Å². The molecule has 1 atom stereocenters. The molecule has 0 aromatic carbocycles. The first-order chi connectivity index (χ1) is 10.7. The van der Waals surface area contributed by atoms with E-state index in [9.17, 15) is 4.79 Å². The highest BCUT2D eigenvalue weighted by molar-refractivity contribution is 5.76. The van der Waals surface area contributed by atoms with Gasteiger partial charge in [-0.1, -0.05) is 12.2 Å². The predicted octanol–water partition coefficient (Wildman–Crippen LogP) is 2.55. The number of pyridine rings is 1. The highest BCUT2D eigenvalue weighted by atomic mass is 16.1. The zero-order valence-electron chi connectivity index (χ0n) is 12.7. The summed E-state index contributed by atoms with van der Waals surface area (Å²) < 4.78 is 1.93. The third kappa shape index (κ3) is 3.42. The smallest absolute Gasteiger partial charge is 0.220 e. The first-order valence-corrected chi connectivity index (χ1v) is 7.61. The number of nitrogens with one attached hydrogen (secondary N) is 1. The number of hydrogen-bond donors (Lipinski definition) is 1. The van der Waals surface area contributed by atoms with Gasteiger partial charge >= 0.3 is 0 Å². The summed E-state index contributed by atoms with van der Waals surface area (Å²) in [5.41, 5.74) is 1.04. The van der Waals surface area contributed by atoms with E-state index >= 15 is 0 Å². The summed E-state index contributed by atoms with van der Waals surface area (Å²) in [6, 6.07) is 3.90. The van der Waals surface area contributed by atoms with Gasteiger partial charge in [0.15, 0.2) is 0 Å². The van der Waals surface area contributed by atoms with Crippen molar-refractivity contribution in [2.45, 2.75) is 32.7 Å². The Morgan fingerprint density at radius 1 is 1.41 bits per heavy atom. The van der Waals surface area contributed by atoms with Gasteiger partial charge in [0, 0.05) is 31.6 Å². The van der Waals surface area contributed by atoms with Gasteiger partial charge in [-0.15, -0.1) is 0 Å². The molecule has 0 saturated heterocycles. The van der Waals surface area contributed by atoms with Crippen LogP contribution >= 0.6 is 0 Å². The molecule has 3 rings (SSSR count). The predicted molar refractivity (Wildman–Crippen MR) is 84.4 cm³/mol. The quantitative estimate of drug-likeness (QED) is 0.863. The molecule has 2 heterocycles. The molecule has 0 radical (unpaired) electrons. The van der Waals surface area contributed by atoms with Crippen molar-refractivity contribution in [1.82, 2.24) is 19.9 Å². The van der Waals surface area contributed by atoms with Crippen molar-refractivity contribution in [3.05, 3.63) is 54.3 Å². The van der Waals surface area contributed by atoms with Crippen molar-refractivity contribution in [3.8, 4) is 5.82 Å². The van der Waals surface area contributed by atoms with E-state index < -0.39 is 0 Å². The average Bonchev–Trinajstić information content (AvgIpc) is 3.17. The van der Waals surface area contributed by atoms with Gasteiger partial charge in [-0.3, -0.25) is 9.36 Å². The summed E-state index contributed by atoms with van der Waals surface area (Å²) in [6.45, 7) is 2.46. The van der Waals surface area contributed by atoms with Crippen LogP contribution < -0.4 is 5.32 Å². The van der Waals surface area contributed by atoms with E-state index in [1.165, 1.54) is 0 Å². The maximum atomic E-state index is 12.0. The molecule has 5 heteroatoms. The molecular formula is C17H20N4O. The van der Waals surface area contributed by atoms with E-state index in [1.54, 1.807) is 12.4 Å². The zero-order valence-corrected chi connectivity index (χ0v) is 12.7. The lowest BCUT2D eigenvalue weighted by atomic mass is 10.1. The lowest BCUT2D eigenvalue weighted by Crippen LogP contribution is -2.24. The van der Waals surface area contributed by atoms with Crippen molar-refractivity contribution in [2.75, 3.05) is 0 Å². The Labute approximate surface area is 130 Å². The van der Waals surface area contributed by atoms with Gasteiger partial charge in [0.05, 0.1) is 0 Å². The number of aromatic nitrogens is 3. The van der Waals surface area contributed by atoms with E-state index in [-0.39, 0.29) is 5.91 Å². The van der Waals surface area contributed by atoms with Gasteiger partial charge in [0.2, 0.25) is 5.91 Å².